The maximum Gasteiger partial charge on any atom is 0.257 e. The van der Waals surface area contributed by atoms with Gasteiger partial charge in [-0.3, -0.25) is 9.59 Å². The highest BCUT2D eigenvalue weighted by Gasteiger charge is 2.31. The zero-order valence-electron chi connectivity index (χ0n) is 9.67. The summed E-state index contributed by atoms with van der Waals surface area (Å²) >= 11 is 0. The second-order valence-electron chi connectivity index (χ2n) is 4.34. The molecule has 0 bridgehead atoms. The number of aromatic hydroxyl groups is 2. The third kappa shape index (κ3) is 2.22. The summed E-state index contributed by atoms with van der Waals surface area (Å²) < 4.78 is 0. The van der Waals surface area contributed by atoms with E-state index in [1.54, 1.807) is 0 Å². The number of amides is 2. The maximum absolute atomic E-state index is 12.1. The average molecular weight is 250 g/mol. The topological polar surface area (TPSA) is 104 Å². The van der Waals surface area contributed by atoms with Crippen molar-refractivity contribution in [2.24, 2.45) is 11.7 Å². The Labute approximate surface area is 104 Å². The number of phenols is 2. The molecule has 1 aromatic carbocycles. The minimum atomic E-state index is -0.416. The smallest absolute Gasteiger partial charge is 0.257 e. The Kier molecular flexibility index (Phi) is 3.10. The van der Waals surface area contributed by atoms with E-state index >= 15 is 0 Å². The van der Waals surface area contributed by atoms with Crippen LogP contribution in [0.25, 0.3) is 0 Å². The Hall–Kier alpha value is -2.24. The van der Waals surface area contributed by atoms with E-state index in [0.717, 1.165) is 6.07 Å². The van der Waals surface area contributed by atoms with Gasteiger partial charge in [-0.25, -0.2) is 0 Å². The third-order valence-corrected chi connectivity index (χ3v) is 3.09. The molecule has 1 fully saturated rings. The molecule has 1 aromatic rings. The highest BCUT2D eigenvalue weighted by molar-refractivity contribution is 5.97. The summed E-state index contributed by atoms with van der Waals surface area (Å²) in [6, 6.07) is 3.79. The lowest BCUT2D eigenvalue weighted by atomic mass is 10.1. The maximum atomic E-state index is 12.1. The number of nitrogens with zero attached hydrogens (tertiary/aromatic N) is 1. The van der Waals surface area contributed by atoms with Crippen LogP contribution in [0.3, 0.4) is 0 Å². The largest absolute Gasteiger partial charge is 0.508 e. The fourth-order valence-electron chi connectivity index (χ4n) is 2.05. The highest BCUT2D eigenvalue weighted by atomic mass is 16.3. The van der Waals surface area contributed by atoms with Gasteiger partial charge in [0, 0.05) is 19.2 Å². The van der Waals surface area contributed by atoms with Crippen molar-refractivity contribution in [3.8, 4) is 11.5 Å². The van der Waals surface area contributed by atoms with E-state index in [0.29, 0.717) is 13.0 Å². The van der Waals surface area contributed by atoms with Crippen molar-refractivity contribution in [1.29, 1.82) is 0 Å². The van der Waals surface area contributed by atoms with E-state index in [2.05, 4.69) is 0 Å². The summed E-state index contributed by atoms with van der Waals surface area (Å²) in [6.07, 6.45) is 0.542. The molecule has 0 spiro atoms. The molecule has 1 atom stereocenters. The summed E-state index contributed by atoms with van der Waals surface area (Å²) in [7, 11) is 0. The standard InChI is InChI=1S/C12H14N2O4/c13-11(17)7-3-4-14(6-7)12(18)9-2-1-8(15)5-10(9)16/h1-2,5,7,15-16H,3-4,6H2,(H2,13,17). The van der Waals surface area contributed by atoms with Crippen LogP contribution in [-0.2, 0) is 4.79 Å². The fraction of sp³-hybridized carbons (Fsp3) is 0.333. The van der Waals surface area contributed by atoms with E-state index in [4.69, 9.17) is 10.8 Å². The minimum Gasteiger partial charge on any atom is -0.508 e. The Balaban J connectivity index is 2.15. The van der Waals surface area contributed by atoms with Crippen LogP contribution in [0, 0.1) is 5.92 Å². The van der Waals surface area contributed by atoms with Crippen molar-refractivity contribution in [3.63, 3.8) is 0 Å². The molecular formula is C12H14N2O4. The van der Waals surface area contributed by atoms with E-state index in [9.17, 15) is 14.7 Å². The second-order valence-corrected chi connectivity index (χ2v) is 4.34. The molecule has 4 N–H and O–H groups in total. The van der Waals surface area contributed by atoms with Crippen molar-refractivity contribution < 1.29 is 19.8 Å². The van der Waals surface area contributed by atoms with Gasteiger partial charge in [-0.2, -0.15) is 0 Å². The summed E-state index contributed by atoms with van der Waals surface area (Å²) in [5.74, 6) is -1.49. The van der Waals surface area contributed by atoms with Gasteiger partial charge in [0.25, 0.3) is 5.91 Å². The van der Waals surface area contributed by atoms with Gasteiger partial charge < -0.3 is 20.8 Å². The Morgan fingerprint density at radius 1 is 1.33 bits per heavy atom. The third-order valence-electron chi connectivity index (χ3n) is 3.09. The Bertz CT molecular complexity index is 501. The van der Waals surface area contributed by atoms with Crippen LogP contribution in [0.5, 0.6) is 11.5 Å². The molecule has 1 unspecified atom stereocenters. The average Bonchev–Trinajstić information content (AvgIpc) is 2.77. The van der Waals surface area contributed by atoms with Gasteiger partial charge in [0.2, 0.25) is 5.91 Å². The lowest BCUT2D eigenvalue weighted by molar-refractivity contribution is -0.121. The molecule has 0 saturated carbocycles. The van der Waals surface area contributed by atoms with E-state index < -0.39 is 5.91 Å². The molecular weight excluding hydrogens is 236 g/mol. The number of likely N-dealkylation sites (tertiary alicyclic amines) is 1. The van der Waals surface area contributed by atoms with Crippen molar-refractivity contribution >= 4 is 11.8 Å². The number of hydrogen-bond donors (Lipinski definition) is 3. The monoisotopic (exact) mass is 250 g/mol. The Morgan fingerprint density at radius 2 is 2.06 bits per heavy atom. The predicted molar refractivity (Wildman–Crippen MR) is 63.0 cm³/mol. The van der Waals surface area contributed by atoms with Gasteiger partial charge in [-0.15, -0.1) is 0 Å². The molecule has 96 valence electrons. The first-order chi connectivity index (χ1) is 8.49. The summed E-state index contributed by atoms with van der Waals surface area (Å²) in [6.45, 7) is 0.710. The zero-order chi connectivity index (χ0) is 13.3. The van der Waals surface area contributed by atoms with Crippen molar-refractivity contribution in [2.45, 2.75) is 6.42 Å². The SMILES string of the molecule is NC(=O)C1CCN(C(=O)c2ccc(O)cc2O)C1. The first kappa shape index (κ1) is 12.2. The van der Waals surface area contributed by atoms with Crippen molar-refractivity contribution in [2.75, 3.05) is 13.1 Å². The summed E-state index contributed by atoms with van der Waals surface area (Å²) in [5.41, 5.74) is 5.30. The quantitative estimate of drug-likeness (QED) is 0.689. The number of primary amides is 1. The zero-order valence-corrected chi connectivity index (χ0v) is 9.67. The lowest BCUT2D eigenvalue weighted by Gasteiger charge is -2.16. The fourth-order valence-corrected chi connectivity index (χ4v) is 2.05. The number of carbonyl (C=O) groups excluding carboxylic acids is 2. The van der Waals surface area contributed by atoms with E-state index in [-0.39, 0.29) is 35.4 Å². The number of phenolic OH excluding ortho intramolecular Hbond substituents is 2. The number of carbonyl (C=O) groups is 2. The second kappa shape index (κ2) is 4.56. The summed E-state index contributed by atoms with van der Waals surface area (Å²) in [5, 5.41) is 18.8. The molecule has 1 saturated heterocycles. The van der Waals surface area contributed by atoms with Crippen LogP contribution in [0.15, 0.2) is 18.2 Å². The molecule has 0 aromatic heterocycles. The molecule has 1 heterocycles. The molecule has 1 aliphatic rings. The van der Waals surface area contributed by atoms with Crippen molar-refractivity contribution in [3.05, 3.63) is 23.8 Å². The molecule has 0 radical (unpaired) electrons. The van der Waals surface area contributed by atoms with Crippen LogP contribution >= 0.6 is 0 Å². The molecule has 0 aliphatic carbocycles. The van der Waals surface area contributed by atoms with E-state index in [1.807, 2.05) is 0 Å². The van der Waals surface area contributed by atoms with Gasteiger partial charge in [0.15, 0.2) is 0 Å². The van der Waals surface area contributed by atoms with Gasteiger partial charge in [-0.1, -0.05) is 0 Å². The number of benzene rings is 1. The van der Waals surface area contributed by atoms with Crippen molar-refractivity contribution in [1.82, 2.24) is 4.90 Å². The molecule has 6 heteroatoms. The minimum absolute atomic E-state index is 0.109. The van der Waals surface area contributed by atoms with Crippen LogP contribution in [0.2, 0.25) is 0 Å². The first-order valence-electron chi connectivity index (χ1n) is 5.59. The highest BCUT2D eigenvalue weighted by Crippen LogP contribution is 2.26. The van der Waals surface area contributed by atoms with Crippen LogP contribution in [-0.4, -0.2) is 40.0 Å². The normalized spacial score (nSPS) is 18.9. The van der Waals surface area contributed by atoms with Gasteiger partial charge in [-0.05, 0) is 18.6 Å². The van der Waals surface area contributed by atoms with Gasteiger partial charge in [0.1, 0.15) is 11.5 Å². The van der Waals surface area contributed by atoms with Gasteiger partial charge in [0.05, 0.1) is 11.5 Å². The molecule has 1 aliphatic heterocycles. The van der Waals surface area contributed by atoms with Crippen LogP contribution in [0.4, 0.5) is 0 Å². The summed E-state index contributed by atoms with van der Waals surface area (Å²) in [4.78, 5) is 24.6. The molecule has 6 nitrogen and oxygen atoms in total. The number of hydrogen-bond acceptors (Lipinski definition) is 4. The molecule has 2 amide bonds. The van der Waals surface area contributed by atoms with Crippen LogP contribution in [0.1, 0.15) is 16.8 Å². The van der Waals surface area contributed by atoms with Gasteiger partial charge >= 0.3 is 0 Å². The number of rotatable bonds is 2. The first-order valence-corrected chi connectivity index (χ1v) is 5.59. The van der Waals surface area contributed by atoms with Crippen LogP contribution < -0.4 is 5.73 Å². The molecule has 2 rings (SSSR count). The molecule has 18 heavy (non-hydrogen) atoms. The number of nitrogens with two attached hydrogens (primary N) is 1. The van der Waals surface area contributed by atoms with E-state index in [1.165, 1.54) is 17.0 Å². The lowest BCUT2D eigenvalue weighted by Crippen LogP contribution is -2.31. The Morgan fingerprint density at radius 3 is 2.61 bits per heavy atom. The predicted octanol–water partition coefficient (Wildman–Crippen LogP) is 0.0452.